The molecule has 1 N–H and O–H groups in total. The van der Waals surface area contributed by atoms with Gasteiger partial charge in [0.05, 0.1) is 5.02 Å². The van der Waals surface area contributed by atoms with Crippen LogP contribution in [0.5, 0.6) is 0 Å². The van der Waals surface area contributed by atoms with Crippen molar-refractivity contribution in [3.05, 3.63) is 53.3 Å². The van der Waals surface area contributed by atoms with Gasteiger partial charge in [-0.1, -0.05) is 35.9 Å². The Morgan fingerprint density at radius 1 is 1.31 bits per heavy atom. The Morgan fingerprint density at radius 2 is 2.19 bits per heavy atom. The van der Waals surface area contributed by atoms with Gasteiger partial charge in [0.15, 0.2) is 0 Å². The van der Waals surface area contributed by atoms with E-state index in [1.807, 2.05) is 24.3 Å². The molecule has 2 nitrogen and oxygen atoms in total. The summed E-state index contributed by atoms with van der Waals surface area (Å²) in [4.78, 5) is 4.25. The van der Waals surface area contributed by atoms with E-state index in [9.17, 15) is 0 Å². The highest BCUT2D eigenvalue weighted by Crippen LogP contribution is 2.26. The van der Waals surface area contributed by atoms with Gasteiger partial charge in [0.25, 0.3) is 0 Å². The highest BCUT2D eigenvalue weighted by molar-refractivity contribution is 6.33. The molecule has 0 saturated carbocycles. The minimum atomic E-state index is 0.117. The standard InChI is InChI=1S/C13H11ClNO/c14-13-4-2-1-3-12(13)10-5-6-11(7-8-16)15-9-10/h1-3,5-6,9,16H,7-8H2. The zero-order valence-electron chi connectivity index (χ0n) is 8.65. The normalized spacial score (nSPS) is 10.4. The maximum atomic E-state index is 8.78. The number of benzene rings is 1. The Kier molecular flexibility index (Phi) is 3.54. The average molecular weight is 233 g/mol. The zero-order valence-corrected chi connectivity index (χ0v) is 9.41. The minimum Gasteiger partial charge on any atom is -0.396 e. The lowest BCUT2D eigenvalue weighted by Crippen LogP contribution is -1.94. The quantitative estimate of drug-likeness (QED) is 0.883. The van der Waals surface area contributed by atoms with Crippen LogP contribution in [0, 0.1) is 6.07 Å². The fourth-order valence-corrected chi connectivity index (χ4v) is 1.72. The molecule has 1 aromatic heterocycles. The van der Waals surface area contributed by atoms with Crippen LogP contribution in [0.25, 0.3) is 11.1 Å². The van der Waals surface area contributed by atoms with E-state index in [0.29, 0.717) is 11.4 Å². The van der Waals surface area contributed by atoms with Crippen LogP contribution in [0.2, 0.25) is 5.02 Å². The van der Waals surface area contributed by atoms with Gasteiger partial charge in [-0.05, 0) is 6.07 Å². The minimum absolute atomic E-state index is 0.117. The van der Waals surface area contributed by atoms with Gasteiger partial charge in [-0.25, -0.2) is 0 Å². The van der Waals surface area contributed by atoms with Crippen LogP contribution in [0.3, 0.4) is 0 Å². The van der Waals surface area contributed by atoms with E-state index < -0.39 is 0 Å². The summed E-state index contributed by atoms with van der Waals surface area (Å²) < 4.78 is 0. The third-order valence-corrected chi connectivity index (χ3v) is 2.62. The van der Waals surface area contributed by atoms with Crippen molar-refractivity contribution in [2.75, 3.05) is 6.61 Å². The molecule has 2 rings (SSSR count). The van der Waals surface area contributed by atoms with Crippen molar-refractivity contribution in [1.29, 1.82) is 0 Å². The van der Waals surface area contributed by atoms with Crippen molar-refractivity contribution in [3.63, 3.8) is 0 Å². The number of halogens is 1. The van der Waals surface area contributed by atoms with Gasteiger partial charge in [-0.15, -0.1) is 0 Å². The van der Waals surface area contributed by atoms with E-state index >= 15 is 0 Å². The molecular weight excluding hydrogens is 222 g/mol. The van der Waals surface area contributed by atoms with Gasteiger partial charge in [0.2, 0.25) is 0 Å². The third-order valence-electron chi connectivity index (χ3n) is 2.31. The molecule has 0 aliphatic heterocycles. The molecule has 2 aromatic rings. The second-order valence-corrected chi connectivity index (χ2v) is 3.79. The van der Waals surface area contributed by atoms with E-state index in [1.54, 1.807) is 12.3 Å². The number of aromatic nitrogens is 1. The number of pyridine rings is 1. The van der Waals surface area contributed by atoms with Crippen LogP contribution in [0.4, 0.5) is 0 Å². The van der Waals surface area contributed by atoms with Gasteiger partial charge in [-0.2, -0.15) is 0 Å². The first-order valence-corrected chi connectivity index (χ1v) is 5.41. The predicted octanol–water partition coefficient (Wildman–Crippen LogP) is 2.74. The van der Waals surface area contributed by atoms with Gasteiger partial charge in [0, 0.05) is 42.1 Å². The van der Waals surface area contributed by atoms with E-state index in [-0.39, 0.29) is 6.61 Å². The molecule has 0 bridgehead atoms. The monoisotopic (exact) mass is 232 g/mol. The first-order chi connectivity index (χ1) is 7.81. The van der Waals surface area contributed by atoms with Gasteiger partial charge < -0.3 is 5.11 Å². The number of aliphatic hydroxyl groups excluding tert-OH is 1. The highest BCUT2D eigenvalue weighted by atomic mass is 35.5. The molecule has 0 fully saturated rings. The van der Waals surface area contributed by atoms with E-state index in [2.05, 4.69) is 11.1 Å². The summed E-state index contributed by atoms with van der Waals surface area (Å²) in [5, 5.41) is 9.38. The molecule has 1 aromatic carbocycles. The maximum Gasteiger partial charge on any atom is 0.0563 e. The lowest BCUT2D eigenvalue weighted by atomic mass is 10.1. The molecule has 0 atom stereocenters. The van der Waals surface area contributed by atoms with Crippen molar-refractivity contribution in [1.82, 2.24) is 4.98 Å². The molecular formula is C13H11ClNO. The van der Waals surface area contributed by atoms with Crippen LogP contribution in [0.1, 0.15) is 5.69 Å². The van der Waals surface area contributed by atoms with Crippen molar-refractivity contribution in [2.24, 2.45) is 0 Å². The van der Waals surface area contributed by atoms with Crippen molar-refractivity contribution >= 4 is 11.6 Å². The summed E-state index contributed by atoms with van der Waals surface area (Å²) in [7, 11) is 0. The smallest absolute Gasteiger partial charge is 0.0563 e. The number of hydrogen-bond acceptors (Lipinski definition) is 2. The molecule has 0 aliphatic rings. The van der Waals surface area contributed by atoms with Crippen LogP contribution >= 0.6 is 11.6 Å². The molecule has 1 heterocycles. The van der Waals surface area contributed by atoms with Crippen LogP contribution < -0.4 is 0 Å². The van der Waals surface area contributed by atoms with Gasteiger partial charge in [0.1, 0.15) is 0 Å². The Labute approximate surface area is 99.5 Å². The molecule has 0 unspecified atom stereocenters. The highest BCUT2D eigenvalue weighted by Gasteiger charge is 2.03. The summed E-state index contributed by atoms with van der Waals surface area (Å²) in [6.45, 7) is 0.117. The fourth-order valence-electron chi connectivity index (χ4n) is 1.49. The van der Waals surface area contributed by atoms with Crippen LogP contribution in [0.15, 0.2) is 36.5 Å². The van der Waals surface area contributed by atoms with Crippen molar-refractivity contribution < 1.29 is 5.11 Å². The predicted molar refractivity (Wildman–Crippen MR) is 64.3 cm³/mol. The van der Waals surface area contributed by atoms with Gasteiger partial charge in [-0.3, -0.25) is 4.98 Å². The number of nitrogens with zero attached hydrogens (tertiary/aromatic N) is 1. The Morgan fingerprint density at radius 3 is 2.81 bits per heavy atom. The first kappa shape index (κ1) is 11.1. The molecule has 16 heavy (non-hydrogen) atoms. The summed E-state index contributed by atoms with van der Waals surface area (Å²) in [5.74, 6) is 0. The summed E-state index contributed by atoms with van der Waals surface area (Å²) in [6.07, 6.45) is 2.34. The zero-order chi connectivity index (χ0) is 11.4. The molecule has 0 saturated heterocycles. The van der Waals surface area contributed by atoms with Crippen molar-refractivity contribution in [2.45, 2.75) is 6.42 Å². The second-order valence-electron chi connectivity index (χ2n) is 3.41. The largest absolute Gasteiger partial charge is 0.396 e. The maximum absolute atomic E-state index is 8.78. The Balaban J connectivity index is 2.31. The van der Waals surface area contributed by atoms with E-state index in [4.69, 9.17) is 16.7 Å². The number of rotatable bonds is 3. The van der Waals surface area contributed by atoms with E-state index in [1.165, 1.54) is 0 Å². The molecule has 0 spiro atoms. The lowest BCUT2D eigenvalue weighted by molar-refractivity contribution is 0.298. The Bertz CT molecular complexity index is 468. The fraction of sp³-hybridized carbons (Fsp3) is 0.154. The van der Waals surface area contributed by atoms with E-state index in [0.717, 1.165) is 16.8 Å². The first-order valence-electron chi connectivity index (χ1n) is 5.03. The van der Waals surface area contributed by atoms with Crippen LogP contribution in [-0.4, -0.2) is 16.7 Å². The van der Waals surface area contributed by atoms with Crippen molar-refractivity contribution in [3.8, 4) is 11.1 Å². The molecule has 81 valence electrons. The topological polar surface area (TPSA) is 33.1 Å². The molecule has 1 radical (unpaired) electrons. The number of aliphatic hydroxyl groups is 1. The van der Waals surface area contributed by atoms with Crippen LogP contribution in [-0.2, 0) is 6.42 Å². The molecule has 3 heteroatoms. The SMILES string of the molecule is OCCc1ccc(-c2ccc[c]c2Cl)cn1. The summed E-state index contributed by atoms with van der Waals surface area (Å²) in [6, 6.07) is 12.4. The summed E-state index contributed by atoms with van der Waals surface area (Å²) >= 11 is 6.04. The average Bonchev–Trinajstić information content (AvgIpc) is 2.31. The number of hydrogen-bond donors (Lipinski definition) is 1. The third kappa shape index (κ3) is 2.40. The summed E-state index contributed by atoms with van der Waals surface area (Å²) in [5.41, 5.74) is 2.76. The lowest BCUT2D eigenvalue weighted by Gasteiger charge is -2.04. The molecule has 0 aliphatic carbocycles. The molecule has 0 amide bonds. The van der Waals surface area contributed by atoms with Gasteiger partial charge >= 0.3 is 0 Å². The Hall–Kier alpha value is -1.38. The second kappa shape index (κ2) is 5.10.